The zero-order chi connectivity index (χ0) is 4.28. The molecule has 0 fully saturated rings. The Bertz CT molecular complexity index is 48.8. The quantitative estimate of drug-likeness (QED) is 0.570. The summed E-state index contributed by atoms with van der Waals surface area (Å²) in [6.45, 7) is 0.136. The summed E-state index contributed by atoms with van der Waals surface area (Å²) in [7, 11) is 0. The van der Waals surface area contributed by atoms with Crippen LogP contribution in [0.25, 0.3) is 0 Å². The first kappa shape index (κ1) is 9.74. The summed E-state index contributed by atoms with van der Waals surface area (Å²) in [5.74, 6) is 0. The van der Waals surface area contributed by atoms with Crippen molar-refractivity contribution in [3.05, 3.63) is 0 Å². The number of carbonyl (C=O) groups excluding carboxylic acids is 1. The third-order valence-corrected chi connectivity index (χ3v) is 0.510. The monoisotopic (exact) mass is 196 g/mol. The molecule has 0 heterocycles. The third-order valence-electron chi connectivity index (χ3n) is 0.156. The molecule has 4 heteroatoms. The van der Waals surface area contributed by atoms with Gasteiger partial charge < -0.3 is 0 Å². The van der Waals surface area contributed by atoms with E-state index in [2.05, 4.69) is 0 Å². The predicted molar refractivity (Wildman–Crippen MR) is 21.3 cm³/mol. The Morgan fingerprint density at radius 3 is 2.00 bits per heavy atom. The van der Waals surface area contributed by atoms with Crippen LogP contribution >= 0.6 is 12.4 Å². The van der Waals surface area contributed by atoms with Crippen molar-refractivity contribution in [2.75, 3.05) is 6.54 Å². The number of hydrogen-bond acceptors (Lipinski definition) is 2. The van der Waals surface area contributed by atoms with Gasteiger partial charge in [0.25, 0.3) is 0 Å². The molecule has 0 saturated heterocycles. The first-order valence-corrected chi connectivity index (χ1v) is 2.01. The van der Waals surface area contributed by atoms with Gasteiger partial charge in [0.15, 0.2) is 0 Å². The van der Waals surface area contributed by atoms with Crippen molar-refractivity contribution in [3.63, 3.8) is 0 Å². The van der Waals surface area contributed by atoms with E-state index in [1.165, 1.54) is 0 Å². The van der Waals surface area contributed by atoms with Crippen molar-refractivity contribution in [2.24, 2.45) is 5.73 Å². The molecule has 0 aliphatic rings. The van der Waals surface area contributed by atoms with Crippen molar-refractivity contribution in [3.8, 4) is 0 Å². The maximum absolute atomic E-state index is 9.66. The van der Waals surface area contributed by atoms with Crippen molar-refractivity contribution in [1.82, 2.24) is 0 Å². The molecular weight excluding hydrogens is 191 g/mol. The molecule has 39 valence electrons. The second-order valence-electron chi connectivity index (χ2n) is 0.546. The van der Waals surface area contributed by atoms with Crippen LogP contribution in [-0.2, 0) is 23.1 Å². The van der Waals surface area contributed by atoms with Crippen molar-refractivity contribution in [2.45, 2.75) is 0 Å². The van der Waals surface area contributed by atoms with Crippen LogP contribution in [-0.4, -0.2) is 10.9 Å². The molecule has 2 N–H and O–H groups in total. The van der Waals surface area contributed by atoms with E-state index in [4.69, 9.17) is 5.73 Å². The van der Waals surface area contributed by atoms with Gasteiger partial charge in [-0.25, -0.2) is 0 Å². The summed E-state index contributed by atoms with van der Waals surface area (Å²) in [5, 5.41) is 0. The van der Waals surface area contributed by atoms with Crippen molar-refractivity contribution in [1.29, 1.82) is 0 Å². The van der Waals surface area contributed by atoms with Crippen LogP contribution in [0.2, 0.25) is 0 Å². The molecule has 0 aromatic rings. The summed E-state index contributed by atoms with van der Waals surface area (Å²) in [6.07, 6.45) is 0. The molecule has 0 aliphatic carbocycles. The van der Waals surface area contributed by atoms with Gasteiger partial charge in [0.1, 0.15) is 0 Å². The molecule has 0 bridgehead atoms. The van der Waals surface area contributed by atoms with Gasteiger partial charge in [0.05, 0.1) is 0 Å². The molecule has 0 amide bonds. The molecule has 0 aliphatic heterocycles. The van der Waals surface area contributed by atoms with E-state index >= 15 is 0 Å². The Hall–Kier alpha value is 0.543. The first-order valence-electron chi connectivity index (χ1n) is 1.14. The Morgan fingerprint density at radius 1 is 1.83 bits per heavy atom. The zero-order valence-electron chi connectivity index (χ0n) is 2.95. The minimum absolute atomic E-state index is 0. The van der Waals surface area contributed by atoms with E-state index < -0.39 is 0 Å². The fourth-order valence-electron chi connectivity index (χ4n) is 0. The third kappa shape index (κ3) is 8.82. The summed E-state index contributed by atoms with van der Waals surface area (Å²) in [6, 6.07) is 0. The van der Waals surface area contributed by atoms with E-state index in [0.717, 1.165) is 0 Å². The molecule has 0 aromatic heterocycles. The first-order chi connectivity index (χ1) is 2.27. The molecule has 0 saturated carbocycles. The van der Waals surface area contributed by atoms with E-state index in [9.17, 15) is 4.79 Å². The Balaban J connectivity index is 0. The summed E-state index contributed by atoms with van der Waals surface area (Å²) >= 11 is 1.89. The van der Waals surface area contributed by atoms with Gasteiger partial charge in [-0.1, -0.05) is 0 Å². The van der Waals surface area contributed by atoms with Gasteiger partial charge in [0.2, 0.25) is 0 Å². The molecular formula is C2H5ClNORu. The van der Waals surface area contributed by atoms with Gasteiger partial charge in [-0.05, 0) is 0 Å². The van der Waals surface area contributed by atoms with Gasteiger partial charge in [-0.15, -0.1) is 12.4 Å². The number of carbonyl (C=O) groups is 1. The van der Waals surface area contributed by atoms with E-state index in [-0.39, 0.29) is 23.3 Å². The molecule has 0 spiro atoms. The van der Waals surface area contributed by atoms with Gasteiger partial charge in [-0.2, -0.15) is 0 Å². The molecule has 0 aromatic carbocycles. The average molecular weight is 196 g/mol. The summed E-state index contributed by atoms with van der Waals surface area (Å²) in [4.78, 5) is 9.66. The van der Waals surface area contributed by atoms with E-state index in [1.54, 1.807) is 0 Å². The van der Waals surface area contributed by atoms with Crippen molar-refractivity contribution >= 4 is 16.8 Å². The normalized spacial score (nSPS) is 6.33. The number of halogens is 1. The molecule has 0 unspecified atom stereocenters. The Labute approximate surface area is 52.6 Å². The number of rotatable bonds is 1. The molecule has 0 rings (SSSR count). The van der Waals surface area contributed by atoms with Crippen LogP contribution in [0.15, 0.2) is 0 Å². The minimum atomic E-state index is -0.0376. The standard InChI is InChI=1S/C2H4NO.ClH.Ru/c3-1-2-4;;/h1,3H2;1H;. The van der Waals surface area contributed by atoms with Crippen LogP contribution in [0.3, 0.4) is 0 Å². The Kier molecular flexibility index (Phi) is 9.00. The predicted octanol–water partition coefficient (Wildman–Crippen LogP) is -0.560. The van der Waals surface area contributed by atoms with Crippen LogP contribution < -0.4 is 5.73 Å². The molecule has 0 radical (unpaired) electrons. The Morgan fingerprint density at radius 2 is 2.00 bits per heavy atom. The van der Waals surface area contributed by atoms with E-state index in [0.29, 0.717) is 0 Å². The fourth-order valence-corrected chi connectivity index (χ4v) is 0. The van der Waals surface area contributed by atoms with Gasteiger partial charge >= 0.3 is 39.8 Å². The van der Waals surface area contributed by atoms with Crippen LogP contribution in [0.1, 0.15) is 0 Å². The second-order valence-corrected chi connectivity index (χ2v) is 1.51. The molecule has 6 heavy (non-hydrogen) atoms. The fraction of sp³-hybridized carbons (Fsp3) is 0.500. The van der Waals surface area contributed by atoms with E-state index in [1.807, 2.05) is 18.3 Å². The van der Waals surface area contributed by atoms with Crippen LogP contribution in [0.5, 0.6) is 0 Å². The number of nitrogens with two attached hydrogens (primary N) is 1. The molecule has 2 nitrogen and oxygen atoms in total. The number of hydrogen-bond donors (Lipinski definition) is 1. The SMILES string of the molecule is Cl.NC[C](=O)[Ru]. The average Bonchev–Trinajstić information content (AvgIpc) is 1.38. The second kappa shape index (κ2) is 5.54. The zero-order valence-corrected chi connectivity index (χ0v) is 5.51. The molecule has 0 atom stereocenters. The van der Waals surface area contributed by atoms with Gasteiger partial charge in [-0.3, -0.25) is 0 Å². The summed E-state index contributed by atoms with van der Waals surface area (Å²) in [5.41, 5.74) is 4.80. The van der Waals surface area contributed by atoms with Crippen LogP contribution in [0.4, 0.5) is 0 Å². The van der Waals surface area contributed by atoms with Gasteiger partial charge in [0, 0.05) is 0 Å². The topological polar surface area (TPSA) is 43.1 Å². The summed E-state index contributed by atoms with van der Waals surface area (Å²) < 4.78 is -0.0376. The van der Waals surface area contributed by atoms with Crippen LogP contribution in [0, 0.1) is 0 Å². The maximum atomic E-state index is 9.66. The van der Waals surface area contributed by atoms with Crippen molar-refractivity contribution < 1.29 is 23.1 Å².